The van der Waals surface area contributed by atoms with Crippen LogP contribution in [0.4, 0.5) is 5.69 Å². The van der Waals surface area contributed by atoms with Crippen LogP contribution in [0.5, 0.6) is 0 Å². The van der Waals surface area contributed by atoms with Gasteiger partial charge in [-0.2, -0.15) is 5.10 Å². The fourth-order valence-electron chi connectivity index (χ4n) is 2.91. The number of aromatic nitrogens is 2. The number of hydrogen-bond acceptors (Lipinski definition) is 5. The second-order valence-corrected chi connectivity index (χ2v) is 8.81. The summed E-state index contributed by atoms with van der Waals surface area (Å²) in [7, 11) is -3.90. The summed E-state index contributed by atoms with van der Waals surface area (Å²) in [5.74, 6) is -0.477. The van der Waals surface area contributed by atoms with Crippen molar-refractivity contribution >= 4 is 21.4 Å². The second-order valence-electron chi connectivity index (χ2n) is 6.91. The summed E-state index contributed by atoms with van der Waals surface area (Å²) in [6.07, 6.45) is 0. The molecule has 0 aliphatic rings. The molecule has 0 saturated heterocycles. The van der Waals surface area contributed by atoms with E-state index in [9.17, 15) is 18.0 Å². The number of benzene rings is 2. The van der Waals surface area contributed by atoms with Crippen LogP contribution in [-0.2, 0) is 21.2 Å². The molecular weight excluding hydrogens is 390 g/mol. The van der Waals surface area contributed by atoms with Gasteiger partial charge in [-0.1, -0.05) is 23.8 Å². The maximum Gasteiger partial charge on any atom is 0.267 e. The Morgan fingerprint density at radius 2 is 1.55 bits per heavy atom. The minimum atomic E-state index is -3.90. The van der Waals surface area contributed by atoms with Gasteiger partial charge in [0.2, 0.25) is 15.7 Å². The largest absolute Gasteiger partial charge is 0.324 e. The van der Waals surface area contributed by atoms with Gasteiger partial charge in [-0.05, 0) is 62.2 Å². The van der Waals surface area contributed by atoms with Gasteiger partial charge in [-0.25, -0.2) is 13.1 Å². The molecule has 0 bridgehead atoms. The van der Waals surface area contributed by atoms with Gasteiger partial charge in [-0.15, -0.1) is 0 Å². The topological polar surface area (TPSA) is 98.1 Å². The molecule has 150 valence electrons. The third-order valence-corrected chi connectivity index (χ3v) is 5.91. The molecule has 0 aliphatic heterocycles. The number of anilines is 1. The Bertz CT molecular complexity index is 1210. The molecule has 0 aliphatic carbocycles. The highest BCUT2D eigenvalue weighted by molar-refractivity contribution is 7.91. The molecule has 3 rings (SSSR count). The lowest BCUT2D eigenvalue weighted by Gasteiger charge is -2.10. The van der Waals surface area contributed by atoms with Crippen LogP contribution in [0, 0.1) is 20.8 Å². The number of nitrogens with one attached hydrogen (secondary N) is 1. The van der Waals surface area contributed by atoms with E-state index in [0.29, 0.717) is 5.69 Å². The van der Waals surface area contributed by atoms with Gasteiger partial charge < -0.3 is 5.32 Å². The average Bonchev–Trinajstić information content (AvgIpc) is 2.63. The first-order valence-electron chi connectivity index (χ1n) is 8.93. The fourth-order valence-corrected chi connectivity index (χ4v) is 4.10. The Hall–Kier alpha value is -3.26. The van der Waals surface area contributed by atoms with Crippen molar-refractivity contribution in [2.75, 3.05) is 5.32 Å². The average molecular weight is 411 g/mol. The summed E-state index contributed by atoms with van der Waals surface area (Å²) in [4.78, 5) is 24.5. The fraction of sp³-hybridized carbons (Fsp3) is 0.190. The van der Waals surface area contributed by atoms with Crippen LogP contribution >= 0.6 is 0 Å². The lowest BCUT2D eigenvalue weighted by molar-refractivity contribution is -0.117. The molecule has 1 N–H and O–H groups in total. The lowest BCUT2D eigenvalue weighted by atomic mass is 10.1. The maximum absolute atomic E-state index is 12.8. The zero-order chi connectivity index (χ0) is 21.2. The third kappa shape index (κ3) is 4.78. The Balaban J connectivity index is 1.86. The molecule has 0 atom stereocenters. The van der Waals surface area contributed by atoms with E-state index in [1.165, 1.54) is 12.1 Å². The minimum Gasteiger partial charge on any atom is -0.324 e. The zero-order valence-corrected chi connectivity index (χ0v) is 17.2. The summed E-state index contributed by atoms with van der Waals surface area (Å²) in [5, 5.41) is 6.33. The highest BCUT2D eigenvalue weighted by atomic mass is 32.2. The number of aryl methyl sites for hydroxylation is 3. The molecule has 0 spiro atoms. The van der Waals surface area contributed by atoms with Crippen molar-refractivity contribution in [1.82, 2.24) is 9.78 Å². The number of hydrogen-bond donors (Lipinski definition) is 1. The van der Waals surface area contributed by atoms with Gasteiger partial charge in [-0.3, -0.25) is 9.59 Å². The smallest absolute Gasteiger partial charge is 0.267 e. The highest BCUT2D eigenvalue weighted by Gasteiger charge is 2.21. The zero-order valence-electron chi connectivity index (χ0n) is 16.3. The standard InChI is InChI=1S/C21H21N3O4S/c1-14-4-6-18(7-5-14)29(27,28)20-8-9-21(26)24(23-20)13-19(25)22-17-11-15(2)10-16(3)12-17/h4-12H,13H2,1-3H3,(H,22,25). The molecular formula is C21H21N3O4S. The number of amides is 1. The highest BCUT2D eigenvalue weighted by Crippen LogP contribution is 2.18. The van der Waals surface area contributed by atoms with Crippen molar-refractivity contribution in [1.29, 1.82) is 0 Å². The lowest BCUT2D eigenvalue weighted by Crippen LogP contribution is -2.30. The van der Waals surface area contributed by atoms with E-state index in [4.69, 9.17) is 0 Å². The van der Waals surface area contributed by atoms with Gasteiger partial charge in [0.25, 0.3) is 5.56 Å². The van der Waals surface area contributed by atoms with E-state index in [1.54, 1.807) is 24.3 Å². The van der Waals surface area contributed by atoms with Crippen LogP contribution in [0.25, 0.3) is 0 Å². The quantitative estimate of drug-likeness (QED) is 0.696. The minimum absolute atomic E-state index is 0.0699. The Kier molecular flexibility index (Phi) is 5.65. The Morgan fingerprint density at radius 1 is 0.931 bits per heavy atom. The van der Waals surface area contributed by atoms with Crippen LogP contribution in [-0.4, -0.2) is 24.1 Å². The summed E-state index contributed by atoms with van der Waals surface area (Å²) >= 11 is 0. The molecule has 3 aromatic rings. The number of carbonyl (C=O) groups excluding carboxylic acids is 1. The monoisotopic (exact) mass is 411 g/mol. The van der Waals surface area contributed by atoms with E-state index < -0.39 is 27.8 Å². The molecule has 7 nitrogen and oxygen atoms in total. The first-order valence-corrected chi connectivity index (χ1v) is 10.4. The van der Waals surface area contributed by atoms with E-state index in [1.807, 2.05) is 26.8 Å². The maximum atomic E-state index is 12.8. The first kappa shape index (κ1) is 20.5. The van der Waals surface area contributed by atoms with Crippen LogP contribution < -0.4 is 10.9 Å². The van der Waals surface area contributed by atoms with E-state index in [0.717, 1.165) is 33.5 Å². The molecule has 0 radical (unpaired) electrons. The molecule has 29 heavy (non-hydrogen) atoms. The van der Waals surface area contributed by atoms with Crippen LogP contribution in [0.15, 0.2) is 69.3 Å². The molecule has 0 fully saturated rings. The van der Waals surface area contributed by atoms with Crippen LogP contribution in [0.3, 0.4) is 0 Å². The van der Waals surface area contributed by atoms with Crippen LogP contribution in [0.2, 0.25) is 0 Å². The molecule has 2 aromatic carbocycles. The third-order valence-electron chi connectivity index (χ3n) is 4.25. The normalized spacial score (nSPS) is 11.3. The van der Waals surface area contributed by atoms with Crippen molar-refractivity contribution in [2.45, 2.75) is 37.2 Å². The number of carbonyl (C=O) groups is 1. The van der Waals surface area contributed by atoms with E-state index in [2.05, 4.69) is 10.4 Å². The van der Waals surface area contributed by atoms with Crippen molar-refractivity contribution in [2.24, 2.45) is 0 Å². The first-order chi connectivity index (χ1) is 13.6. The summed E-state index contributed by atoms with van der Waals surface area (Å²) in [6.45, 7) is 5.27. The van der Waals surface area contributed by atoms with Crippen LogP contribution in [0.1, 0.15) is 16.7 Å². The SMILES string of the molecule is Cc1ccc(S(=O)(=O)c2ccc(=O)n(CC(=O)Nc3cc(C)cc(C)c3)n2)cc1. The number of rotatable bonds is 5. The van der Waals surface area contributed by atoms with E-state index in [-0.39, 0.29) is 9.92 Å². The van der Waals surface area contributed by atoms with Gasteiger partial charge in [0.15, 0.2) is 5.03 Å². The summed E-state index contributed by atoms with van der Waals surface area (Å²) < 4.78 is 26.4. The number of nitrogens with zero attached hydrogens (tertiary/aromatic N) is 2. The van der Waals surface area contributed by atoms with Gasteiger partial charge in [0, 0.05) is 11.8 Å². The Labute approximate surface area is 168 Å². The predicted molar refractivity (Wildman–Crippen MR) is 110 cm³/mol. The predicted octanol–water partition coefficient (Wildman–Crippen LogP) is 2.64. The van der Waals surface area contributed by atoms with Crippen molar-refractivity contribution in [3.63, 3.8) is 0 Å². The van der Waals surface area contributed by atoms with Crippen molar-refractivity contribution in [3.05, 3.63) is 81.6 Å². The molecule has 0 unspecified atom stereocenters. The molecule has 1 heterocycles. The molecule has 1 amide bonds. The van der Waals surface area contributed by atoms with E-state index >= 15 is 0 Å². The summed E-state index contributed by atoms with van der Waals surface area (Å²) in [6, 6.07) is 14.2. The van der Waals surface area contributed by atoms with Gasteiger partial charge in [0.1, 0.15) is 6.54 Å². The molecule has 1 aromatic heterocycles. The second kappa shape index (κ2) is 8.00. The van der Waals surface area contributed by atoms with Crippen molar-refractivity contribution < 1.29 is 13.2 Å². The molecule has 0 saturated carbocycles. The summed E-state index contributed by atoms with van der Waals surface area (Å²) in [5.41, 5.74) is 2.93. The Morgan fingerprint density at radius 3 is 2.17 bits per heavy atom. The molecule has 8 heteroatoms. The number of sulfone groups is 1. The van der Waals surface area contributed by atoms with Gasteiger partial charge in [0.05, 0.1) is 4.90 Å². The van der Waals surface area contributed by atoms with Crippen molar-refractivity contribution in [3.8, 4) is 0 Å². The van der Waals surface area contributed by atoms with Gasteiger partial charge >= 0.3 is 0 Å².